The van der Waals surface area contributed by atoms with E-state index in [1.165, 1.54) is 17.7 Å². The maximum Gasteiger partial charge on any atom is 0.332 e. The maximum atomic E-state index is 13.0. The van der Waals surface area contributed by atoms with Crippen LogP contribution in [0.1, 0.15) is 34.6 Å². The molecule has 2 N–H and O–H groups in total. The molecular weight excluding hydrogens is 469 g/mol. The molecule has 1 saturated heterocycles. The minimum atomic E-state index is -0.700. The second-order valence-corrected chi connectivity index (χ2v) is 9.37. The molecule has 1 aromatic heterocycles. The highest BCUT2D eigenvalue weighted by molar-refractivity contribution is 6.36. The number of ketones is 1. The van der Waals surface area contributed by atoms with Crippen molar-refractivity contribution in [2.24, 2.45) is 13.0 Å². The summed E-state index contributed by atoms with van der Waals surface area (Å²) in [5, 5.41) is 0.734. The predicted molar refractivity (Wildman–Crippen MR) is 128 cm³/mol. The van der Waals surface area contributed by atoms with E-state index in [1.807, 2.05) is 18.7 Å². The van der Waals surface area contributed by atoms with Crippen LogP contribution in [-0.4, -0.2) is 63.3 Å². The molecule has 0 atom stereocenters. The van der Waals surface area contributed by atoms with Gasteiger partial charge in [0.25, 0.3) is 11.5 Å². The van der Waals surface area contributed by atoms with Crippen molar-refractivity contribution in [2.75, 3.05) is 38.5 Å². The third-order valence-electron chi connectivity index (χ3n) is 5.60. The van der Waals surface area contributed by atoms with Gasteiger partial charge in [0.05, 0.1) is 17.1 Å². The van der Waals surface area contributed by atoms with Gasteiger partial charge in [-0.2, -0.15) is 0 Å². The van der Waals surface area contributed by atoms with E-state index in [2.05, 4.69) is 0 Å². The van der Waals surface area contributed by atoms with Crippen molar-refractivity contribution in [2.45, 2.75) is 20.4 Å². The van der Waals surface area contributed by atoms with Gasteiger partial charge < -0.3 is 10.6 Å². The molecule has 2 aromatic rings. The normalized spacial score (nSPS) is 14.7. The van der Waals surface area contributed by atoms with Gasteiger partial charge in [-0.1, -0.05) is 37.0 Å². The van der Waals surface area contributed by atoms with Crippen LogP contribution >= 0.6 is 23.2 Å². The molecule has 11 heteroatoms. The number of hydrogen-bond donors (Lipinski definition) is 1. The first kappa shape index (κ1) is 25.0. The number of carbonyl (C=O) groups is 2. The number of nitrogens with two attached hydrogens (primary N) is 1. The zero-order chi connectivity index (χ0) is 24.4. The van der Waals surface area contributed by atoms with Gasteiger partial charge in [-0.15, -0.1) is 0 Å². The van der Waals surface area contributed by atoms with Crippen LogP contribution in [0.3, 0.4) is 0 Å². The van der Waals surface area contributed by atoms with Gasteiger partial charge in [0.15, 0.2) is 5.78 Å². The number of Topliss-reactive ketones (excluding diaryl/α,β-unsaturated/α-hetero) is 1. The minimum absolute atomic E-state index is 0.0386. The van der Waals surface area contributed by atoms with E-state index in [0.29, 0.717) is 43.3 Å². The fourth-order valence-electron chi connectivity index (χ4n) is 3.81. The van der Waals surface area contributed by atoms with Gasteiger partial charge in [0.1, 0.15) is 11.4 Å². The molecule has 1 aliphatic heterocycles. The van der Waals surface area contributed by atoms with E-state index in [-0.39, 0.29) is 34.8 Å². The van der Waals surface area contributed by atoms with Gasteiger partial charge in [0.2, 0.25) is 0 Å². The van der Waals surface area contributed by atoms with Crippen molar-refractivity contribution in [3.63, 3.8) is 0 Å². The lowest BCUT2D eigenvalue weighted by Crippen LogP contribution is -2.51. The molecule has 1 fully saturated rings. The molecule has 3 rings (SSSR count). The summed E-state index contributed by atoms with van der Waals surface area (Å²) in [7, 11) is 1.34. The van der Waals surface area contributed by atoms with Crippen LogP contribution in [0.5, 0.6) is 0 Å². The largest absolute Gasteiger partial charge is 0.384 e. The number of benzene rings is 1. The number of carbonyl (C=O) groups excluding carboxylic acids is 2. The Morgan fingerprint density at radius 1 is 1.09 bits per heavy atom. The SMILES string of the molecule is CC(C)Cn1c(N)c(C(=O)CN2CCN(C(=O)c3ccc(Cl)cc3Cl)CC2)c(=O)n(C)c1=O. The Morgan fingerprint density at radius 2 is 1.73 bits per heavy atom. The van der Waals surface area contributed by atoms with Gasteiger partial charge >= 0.3 is 5.69 Å². The van der Waals surface area contributed by atoms with Crippen molar-refractivity contribution >= 4 is 40.7 Å². The Bertz CT molecular complexity index is 1200. The Hall–Kier alpha value is -2.62. The van der Waals surface area contributed by atoms with Gasteiger partial charge in [-0.3, -0.25) is 28.4 Å². The standard InChI is InChI=1S/C22H27Cl2N5O4/c1-13(2)11-29-19(25)18(21(32)26(3)22(29)33)17(30)12-27-6-8-28(9-7-27)20(31)15-5-4-14(23)10-16(15)24/h4-5,10,13H,6-9,11-12,25H2,1-3H3. The maximum absolute atomic E-state index is 13.0. The van der Waals surface area contributed by atoms with E-state index in [1.54, 1.807) is 17.0 Å². The van der Waals surface area contributed by atoms with Crippen LogP contribution in [0.2, 0.25) is 10.0 Å². The third kappa shape index (κ3) is 5.31. The number of anilines is 1. The van der Waals surface area contributed by atoms with Crippen molar-refractivity contribution in [1.29, 1.82) is 0 Å². The minimum Gasteiger partial charge on any atom is -0.384 e. The molecule has 1 aromatic carbocycles. The number of amides is 1. The summed E-state index contributed by atoms with van der Waals surface area (Å²) >= 11 is 12.1. The van der Waals surface area contributed by atoms with Crippen LogP contribution in [0.15, 0.2) is 27.8 Å². The zero-order valence-corrected chi connectivity index (χ0v) is 20.3. The molecule has 0 aliphatic carbocycles. The number of nitrogen functional groups attached to an aromatic ring is 1. The molecule has 0 saturated carbocycles. The van der Waals surface area contributed by atoms with Gasteiger partial charge in [-0.05, 0) is 24.1 Å². The summed E-state index contributed by atoms with van der Waals surface area (Å²) in [6, 6.07) is 4.72. The lowest BCUT2D eigenvalue weighted by atomic mass is 10.1. The fourth-order valence-corrected chi connectivity index (χ4v) is 4.30. The van der Waals surface area contributed by atoms with Crippen LogP contribution < -0.4 is 17.0 Å². The number of hydrogen-bond acceptors (Lipinski definition) is 6. The molecule has 33 heavy (non-hydrogen) atoms. The van der Waals surface area contributed by atoms with Crippen molar-refractivity contribution in [3.8, 4) is 0 Å². The van der Waals surface area contributed by atoms with Crippen LogP contribution in [-0.2, 0) is 13.6 Å². The lowest BCUT2D eigenvalue weighted by molar-refractivity contribution is 0.0624. The van der Waals surface area contributed by atoms with Gasteiger partial charge in [0, 0.05) is 44.8 Å². The third-order valence-corrected chi connectivity index (χ3v) is 6.15. The fraction of sp³-hybridized carbons (Fsp3) is 0.455. The zero-order valence-electron chi connectivity index (χ0n) is 18.8. The molecule has 1 amide bonds. The highest BCUT2D eigenvalue weighted by atomic mass is 35.5. The van der Waals surface area contributed by atoms with E-state index >= 15 is 0 Å². The first-order valence-electron chi connectivity index (χ1n) is 10.6. The molecule has 1 aliphatic rings. The second-order valence-electron chi connectivity index (χ2n) is 8.53. The van der Waals surface area contributed by atoms with Crippen molar-refractivity contribution in [1.82, 2.24) is 18.9 Å². The quantitative estimate of drug-likeness (QED) is 0.610. The molecule has 0 bridgehead atoms. The summed E-state index contributed by atoms with van der Waals surface area (Å²) in [5.41, 5.74) is 5.04. The molecule has 2 heterocycles. The molecule has 0 spiro atoms. The topological polar surface area (TPSA) is 111 Å². The molecule has 0 unspecified atom stereocenters. The summed E-state index contributed by atoms with van der Waals surface area (Å²) in [4.78, 5) is 54.4. The van der Waals surface area contributed by atoms with E-state index in [0.717, 1.165) is 4.57 Å². The smallest absolute Gasteiger partial charge is 0.332 e. The Morgan fingerprint density at radius 3 is 2.30 bits per heavy atom. The number of rotatable bonds is 6. The highest BCUT2D eigenvalue weighted by Gasteiger charge is 2.27. The first-order chi connectivity index (χ1) is 15.5. The first-order valence-corrected chi connectivity index (χ1v) is 11.4. The summed E-state index contributed by atoms with van der Waals surface area (Å²) < 4.78 is 2.18. The average Bonchev–Trinajstić information content (AvgIpc) is 2.75. The van der Waals surface area contributed by atoms with Crippen LogP contribution in [0.25, 0.3) is 0 Å². The highest BCUT2D eigenvalue weighted by Crippen LogP contribution is 2.23. The Balaban J connectivity index is 1.72. The van der Waals surface area contributed by atoms with Crippen LogP contribution in [0.4, 0.5) is 5.82 Å². The van der Waals surface area contributed by atoms with Crippen molar-refractivity contribution < 1.29 is 9.59 Å². The molecular formula is C22H27Cl2N5O4. The summed E-state index contributed by atoms with van der Waals surface area (Å²) in [6.45, 7) is 5.75. The predicted octanol–water partition coefficient (Wildman–Crippen LogP) is 1.73. The molecule has 178 valence electrons. The van der Waals surface area contributed by atoms with E-state index in [9.17, 15) is 19.2 Å². The number of piperazine rings is 1. The van der Waals surface area contributed by atoms with E-state index in [4.69, 9.17) is 28.9 Å². The van der Waals surface area contributed by atoms with Crippen LogP contribution in [0, 0.1) is 5.92 Å². The summed E-state index contributed by atoms with van der Waals surface area (Å²) in [6.07, 6.45) is 0. The lowest BCUT2D eigenvalue weighted by Gasteiger charge is -2.34. The van der Waals surface area contributed by atoms with Gasteiger partial charge in [-0.25, -0.2) is 4.79 Å². The Kier molecular flexibility index (Phi) is 7.66. The molecule has 0 radical (unpaired) electrons. The number of nitrogens with zero attached hydrogens (tertiary/aromatic N) is 4. The van der Waals surface area contributed by atoms with Crippen molar-refractivity contribution in [3.05, 3.63) is 60.2 Å². The molecule has 9 nitrogen and oxygen atoms in total. The monoisotopic (exact) mass is 495 g/mol. The number of halogens is 2. The summed E-state index contributed by atoms with van der Waals surface area (Å²) in [5.74, 6) is -0.661. The van der Waals surface area contributed by atoms with E-state index < -0.39 is 17.0 Å². The Labute approximate surface area is 201 Å². The second kappa shape index (κ2) is 10.1. The average molecular weight is 496 g/mol. The number of aromatic nitrogens is 2.